The molecule has 1 aliphatic heterocycles. The molecule has 2 aromatic rings. The summed E-state index contributed by atoms with van der Waals surface area (Å²) in [5, 5.41) is 10.3. The average Bonchev–Trinajstić information content (AvgIpc) is 2.74. The number of nitrogens with zero attached hydrogens (tertiary/aromatic N) is 5. The van der Waals surface area contributed by atoms with Crippen LogP contribution in [0.3, 0.4) is 0 Å². The van der Waals surface area contributed by atoms with E-state index in [2.05, 4.69) is 19.9 Å². The number of anilines is 1. The Labute approximate surface area is 133 Å². The van der Waals surface area contributed by atoms with E-state index in [-0.39, 0.29) is 5.28 Å². The van der Waals surface area contributed by atoms with E-state index >= 15 is 0 Å². The topological polar surface area (TPSA) is 76.3 Å². The van der Waals surface area contributed by atoms with Gasteiger partial charge in [-0.15, -0.1) is 0 Å². The van der Waals surface area contributed by atoms with Gasteiger partial charge >= 0.3 is 0 Å². The summed E-state index contributed by atoms with van der Waals surface area (Å²) in [5.74, 6) is 1.51. The zero-order chi connectivity index (χ0) is 15.9. The molecule has 0 spiro atoms. The first-order valence-electron chi connectivity index (χ1n) is 7.30. The van der Waals surface area contributed by atoms with Gasteiger partial charge in [-0.3, -0.25) is 0 Å². The smallest absolute Gasteiger partial charge is 0.226 e. The van der Waals surface area contributed by atoms with Gasteiger partial charge in [-0.05, 0) is 32.4 Å². The van der Waals surface area contributed by atoms with Gasteiger partial charge in [-0.25, -0.2) is 4.98 Å². The summed E-state index contributed by atoms with van der Waals surface area (Å²) in [5.41, 5.74) is 0.503. The van der Waals surface area contributed by atoms with Crippen LogP contribution >= 0.6 is 11.6 Å². The summed E-state index contributed by atoms with van der Waals surface area (Å²) in [6.45, 7) is 8.61. The Morgan fingerprint density at radius 2 is 1.91 bits per heavy atom. The van der Waals surface area contributed by atoms with Crippen LogP contribution in [0.5, 0.6) is 0 Å². The normalized spacial score (nSPS) is 16.5. The Balaban J connectivity index is 2.12. The van der Waals surface area contributed by atoms with Crippen LogP contribution in [0.25, 0.3) is 11.2 Å². The SMILES string of the molecule is Cc1nc2c(N3CCOCC3)nc(Cl)nc2n1CC(C)(C)O. The fourth-order valence-corrected chi connectivity index (χ4v) is 2.80. The van der Waals surface area contributed by atoms with Gasteiger partial charge in [0.2, 0.25) is 5.28 Å². The number of imidazole rings is 1. The lowest BCUT2D eigenvalue weighted by atomic mass is 10.1. The van der Waals surface area contributed by atoms with Gasteiger partial charge in [-0.1, -0.05) is 0 Å². The van der Waals surface area contributed by atoms with Crippen molar-refractivity contribution >= 4 is 28.6 Å². The maximum atomic E-state index is 10.1. The van der Waals surface area contributed by atoms with Crippen LogP contribution in [0, 0.1) is 6.92 Å². The molecular formula is C14H20ClN5O2. The van der Waals surface area contributed by atoms with Gasteiger partial charge in [0.05, 0.1) is 25.4 Å². The van der Waals surface area contributed by atoms with Crippen molar-refractivity contribution < 1.29 is 9.84 Å². The Bertz CT molecular complexity index is 689. The van der Waals surface area contributed by atoms with Crippen molar-refractivity contribution in [2.24, 2.45) is 0 Å². The maximum absolute atomic E-state index is 10.1. The minimum atomic E-state index is -0.866. The van der Waals surface area contributed by atoms with E-state index in [0.717, 1.165) is 24.7 Å². The average molecular weight is 326 g/mol. The monoisotopic (exact) mass is 325 g/mol. The Kier molecular flexibility index (Phi) is 3.96. The molecule has 7 nitrogen and oxygen atoms in total. The highest BCUT2D eigenvalue weighted by Crippen LogP contribution is 2.27. The first-order chi connectivity index (χ1) is 10.3. The van der Waals surface area contributed by atoms with E-state index in [1.165, 1.54) is 0 Å². The molecule has 8 heteroatoms. The number of aromatic nitrogens is 4. The molecule has 1 aliphatic rings. The highest BCUT2D eigenvalue weighted by Gasteiger charge is 2.24. The van der Waals surface area contributed by atoms with Crippen LogP contribution in [0.2, 0.25) is 5.28 Å². The Hall–Kier alpha value is -1.44. The number of hydrogen-bond acceptors (Lipinski definition) is 6. The van der Waals surface area contributed by atoms with Gasteiger partial charge in [0.15, 0.2) is 17.0 Å². The van der Waals surface area contributed by atoms with Crippen LogP contribution < -0.4 is 4.90 Å². The van der Waals surface area contributed by atoms with Crippen molar-refractivity contribution in [3.63, 3.8) is 0 Å². The summed E-state index contributed by atoms with van der Waals surface area (Å²) >= 11 is 6.11. The highest BCUT2D eigenvalue weighted by molar-refractivity contribution is 6.28. The maximum Gasteiger partial charge on any atom is 0.226 e. The van der Waals surface area contributed by atoms with E-state index < -0.39 is 5.60 Å². The molecule has 1 saturated heterocycles. The molecule has 1 fully saturated rings. The highest BCUT2D eigenvalue weighted by atomic mass is 35.5. The fourth-order valence-electron chi connectivity index (χ4n) is 2.64. The molecular weight excluding hydrogens is 306 g/mol. The van der Waals surface area contributed by atoms with Crippen LogP contribution in [0.1, 0.15) is 19.7 Å². The molecule has 0 aromatic carbocycles. The molecule has 2 aromatic heterocycles. The van der Waals surface area contributed by atoms with Crippen molar-refractivity contribution in [3.8, 4) is 0 Å². The molecule has 0 aliphatic carbocycles. The minimum Gasteiger partial charge on any atom is -0.389 e. The quantitative estimate of drug-likeness (QED) is 0.860. The van der Waals surface area contributed by atoms with Gasteiger partial charge in [0.1, 0.15) is 5.82 Å². The molecule has 3 rings (SSSR count). The molecule has 0 unspecified atom stereocenters. The third kappa shape index (κ3) is 3.02. The lowest BCUT2D eigenvalue weighted by molar-refractivity contribution is 0.0619. The Morgan fingerprint density at radius 3 is 2.55 bits per heavy atom. The molecule has 0 radical (unpaired) electrons. The second-order valence-corrected chi connectivity index (χ2v) is 6.48. The molecule has 0 atom stereocenters. The molecule has 0 saturated carbocycles. The third-order valence-corrected chi connectivity index (χ3v) is 3.76. The number of aliphatic hydroxyl groups is 1. The predicted molar refractivity (Wildman–Crippen MR) is 84.4 cm³/mol. The number of morpholine rings is 1. The largest absolute Gasteiger partial charge is 0.389 e. The molecule has 0 bridgehead atoms. The summed E-state index contributed by atoms with van der Waals surface area (Å²) in [4.78, 5) is 15.4. The van der Waals surface area contributed by atoms with Crippen molar-refractivity contribution in [2.75, 3.05) is 31.2 Å². The zero-order valence-corrected chi connectivity index (χ0v) is 13.8. The lowest BCUT2D eigenvalue weighted by Crippen LogP contribution is -2.37. The van der Waals surface area contributed by atoms with Crippen molar-refractivity contribution in [1.82, 2.24) is 19.5 Å². The third-order valence-electron chi connectivity index (χ3n) is 3.60. The number of halogens is 1. The van der Waals surface area contributed by atoms with Gasteiger partial charge in [0.25, 0.3) is 0 Å². The predicted octanol–water partition coefficient (Wildman–Crippen LogP) is 1.40. The second-order valence-electron chi connectivity index (χ2n) is 6.15. The fraction of sp³-hybridized carbons (Fsp3) is 0.643. The number of ether oxygens (including phenoxy) is 1. The minimum absolute atomic E-state index is 0.186. The van der Waals surface area contributed by atoms with Crippen molar-refractivity contribution in [3.05, 3.63) is 11.1 Å². The van der Waals surface area contributed by atoms with Gasteiger partial charge in [0, 0.05) is 13.1 Å². The molecule has 3 heterocycles. The number of hydrogen-bond donors (Lipinski definition) is 1. The summed E-state index contributed by atoms with van der Waals surface area (Å²) in [7, 11) is 0. The lowest BCUT2D eigenvalue weighted by Gasteiger charge is -2.27. The van der Waals surface area contributed by atoms with Crippen LogP contribution in [-0.4, -0.2) is 56.5 Å². The number of fused-ring (bicyclic) bond motifs is 1. The molecule has 120 valence electrons. The van der Waals surface area contributed by atoms with Crippen LogP contribution in [0.15, 0.2) is 0 Å². The first-order valence-corrected chi connectivity index (χ1v) is 7.68. The number of aryl methyl sites for hydroxylation is 1. The Morgan fingerprint density at radius 1 is 1.23 bits per heavy atom. The van der Waals surface area contributed by atoms with E-state index in [1.54, 1.807) is 13.8 Å². The van der Waals surface area contributed by atoms with Gasteiger partial charge in [-0.2, -0.15) is 9.97 Å². The summed E-state index contributed by atoms with van der Waals surface area (Å²) in [6.07, 6.45) is 0. The summed E-state index contributed by atoms with van der Waals surface area (Å²) in [6, 6.07) is 0. The van der Waals surface area contributed by atoms with Crippen LogP contribution in [0.4, 0.5) is 5.82 Å². The van der Waals surface area contributed by atoms with E-state index in [0.29, 0.717) is 30.9 Å². The van der Waals surface area contributed by atoms with E-state index in [4.69, 9.17) is 16.3 Å². The molecule has 22 heavy (non-hydrogen) atoms. The second kappa shape index (κ2) is 5.64. The first kappa shape index (κ1) is 15.5. The summed E-state index contributed by atoms with van der Waals surface area (Å²) < 4.78 is 7.26. The molecule has 0 amide bonds. The van der Waals surface area contributed by atoms with Crippen molar-refractivity contribution in [2.45, 2.75) is 32.9 Å². The van der Waals surface area contributed by atoms with Crippen LogP contribution in [-0.2, 0) is 11.3 Å². The van der Waals surface area contributed by atoms with E-state index in [9.17, 15) is 5.11 Å². The number of rotatable bonds is 3. The molecule has 1 N–H and O–H groups in total. The zero-order valence-electron chi connectivity index (χ0n) is 13.0. The van der Waals surface area contributed by atoms with E-state index in [1.807, 2.05) is 11.5 Å². The van der Waals surface area contributed by atoms with Crippen molar-refractivity contribution in [1.29, 1.82) is 0 Å². The standard InChI is InChI=1S/C14H20ClN5O2/c1-9-16-10-11(19-4-6-22-7-5-19)17-13(15)18-12(10)20(9)8-14(2,3)21/h21H,4-8H2,1-3H3. The van der Waals surface area contributed by atoms with Gasteiger partial charge < -0.3 is 19.3 Å².